The first-order chi connectivity index (χ1) is 7.84. The molecule has 1 amide bonds. The lowest BCUT2D eigenvalue weighted by atomic mass is 9.94. The monoisotopic (exact) mass is 236 g/mol. The molecule has 1 aromatic rings. The van der Waals surface area contributed by atoms with Crippen LogP contribution in [-0.2, 0) is 4.74 Å². The van der Waals surface area contributed by atoms with Gasteiger partial charge in [0.25, 0.3) is 0 Å². The van der Waals surface area contributed by atoms with Crippen LogP contribution in [0, 0.1) is 0 Å². The number of para-hydroxylation sites is 1. The quantitative estimate of drug-likeness (QED) is 0.778. The molecule has 0 bridgehead atoms. The van der Waals surface area contributed by atoms with Crippen molar-refractivity contribution < 1.29 is 14.6 Å². The molecule has 0 aromatic heterocycles. The molecule has 5 nitrogen and oxygen atoms in total. The molecule has 0 aliphatic carbocycles. The van der Waals surface area contributed by atoms with Crippen molar-refractivity contribution in [3.8, 4) is 0 Å². The number of nitrogens with one attached hydrogen (secondary N) is 1. The highest BCUT2D eigenvalue weighted by Gasteiger charge is 2.52. The van der Waals surface area contributed by atoms with Gasteiger partial charge in [-0.05, 0) is 32.9 Å². The third kappa shape index (κ3) is 1.82. The van der Waals surface area contributed by atoms with Gasteiger partial charge in [0.05, 0.1) is 5.69 Å². The number of hydrazine groups is 1. The number of carbonyl (C=O) groups excluding carboxylic acids is 1. The summed E-state index contributed by atoms with van der Waals surface area (Å²) in [6, 6.07) is 9.14. The van der Waals surface area contributed by atoms with Gasteiger partial charge < -0.3 is 9.84 Å². The molecular formula is C12H16N2O3. The fourth-order valence-electron chi connectivity index (χ4n) is 1.71. The summed E-state index contributed by atoms with van der Waals surface area (Å²) in [6.45, 7) is 4.93. The zero-order chi connectivity index (χ0) is 12.7. The van der Waals surface area contributed by atoms with Gasteiger partial charge in [-0.25, -0.2) is 15.2 Å². The lowest BCUT2D eigenvalue weighted by molar-refractivity contribution is -0.147. The second kappa shape index (κ2) is 3.63. The number of carbonyl (C=O) groups is 1. The summed E-state index contributed by atoms with van der Waals surface area (Å²) >= 11 is 0. The molecule has 1 aromatic carbocycles. The highest BCUT2D eigenvalue weighted by molar-refractivity contribution is 5.73. The van der Waals surface area contributed by atoms with E-state index in [2.05, 4.69) is 5.43 Å². The summed E-state index contributed by atoms with van der Waals surface area (Å²) in [5.41, 5.74) is 0.843. The minimum Gasteiger partial charge on any atom is -0.437 e. The van der Waals surface area contributed by atoms with E-state index in [0.29, 0.717) is 5.69 Å². The van der Waals surface area contributed by atoms with Gasteiger partial charge in [0.15, 0.2) is 11.3 Å². The van der Waals surface area contributed by atoms with Gasteiger partial charge in [-0.3, -0.25) is 0 Å². The molecule has 17 heavy (non-hydrogen) atoms. The summed E-state index contributed by atoms with van der Waals surface area (Å²) in [6.07, 6.45) is -0.578. The first-order valence-electron chi connectivity index (χ1n) is 5.42. The second-order valence-corrected chi connectivity index (χ2v) is 4.70. The van der Waals surface area contributed by atoms with Crippen LogP contribution < -0.4 is 10.4 Å². The van der Waals surface area contributed by atoms with Crippen LogP contribution in [-0.4, -0.2) is 22.5 Å². The predicted octanol–water partition coefficient (Wildman–Crippen LogP) is 1.63. The van der Waals surface area contributed by atoms with E-state index in [0.717, 1.165) is 0 Å². The van der Waals surface area contributed by atoms with Crippen molar-refractivity contribution in [2.45, 2.75) is 32.1 Å². The maximum Gasteiger partial charge on any atom is 0.426 e. The molecule has 2 rings (SSSR count). The molecule has 1 heterocycles. The van der Waals surface area contributed by atoms with E-state index in [1.807, 2.05) is 18.2 Å². The third-order valence-electron chi connectivity index (χ3n) is 3.14. The summed E-state index contributed by atoms with van der Waals surface area (Å²) in [5, 5.41) is 11.9. The molecular weight excluding hydrogens is 220 g/mol. The second-order valence-electron chi connectivity index (χ2n) is 4.70. The molecule has 1 unspecified atom stereocenters. The predicted molar refractivity (Wildman–Crippen MR) is 63.2 cm³/mol. The number of ether oxygens (including phenoxy) is 1. The van der Waals surface area contributed by atoms with Crippen LogP contribution in [0.4, 0.5) is 10.5 Å². The number of hydrogen-bond donors (Lipinski definition) is 2. The zero-order valence-electron chi connectivity index (χ0n) is 10.1. The summed E-state index contributed by atoms with van der Waals surface area (Å²) in [4.78, 5) is 11.5. The number of rotatable bonds is 1. The molecule has 0 saturated carbocycles. The van der Waals surface area contributed by atoms with Crippen molar-refractivity contribution in [2.75, 3.05) is 5.01 Å². The van der Waals surface area contributed by atoms with Crippen molar-refractivity contribution in [3.05, 3.63) is 30.3 Å². The fourth-order valence-corrected chi connectivity index (χ4v) is 1.71. The van der Waals surface area contributed by atoms with Crippen molar-refractivity contribution in [1.82, 2.24) is 5.43 Å². The minimum absolute atomic E-state index is 0.578. The molecule has 1 aliphatic rings. The van der Waals surface area contributed by atoms with Gasteiger partial charge in [0, 0.05) is 0 Å². The van der Waals surface area contributed by atoms with Crippen LogP contribution in [0.5, 0.6) is 0 Å². The van der Waals surface area contributed by atoms with E-state index in [4.69, 9.17) is 4.74 Å². The van der Waals surface area contributed by atoms with Gasteiger partial charge in [0.1, 0.15) is 0 Å². The first kappa shape index (κ1) is 11.7. The number of aliphatic hydroxyl groups is 1. The fraction of sp³-hybridized carbons (Fsp3) is 0.417. The normalized spacial score (nSPS) is 27.3. The lowest BCUT2D eigenvalue weighted by Gasteiger charge is -2.50. The van der Waals surface area contributed by atoms with E-state index in [-0.39, 0.29) is 0 Å². The Morgan fingerprint density at radius 3 is 2.41 bits per heavy atom. The lowest BCUT2D eigenvalue weighted by Crippen LogP contribution is -2.72. The van der Waals surface area contributed by atoms with Crippen LogP contribution in [0.25, 0.3) is 0 Å². The average molecular weight is 236 g/mol. The smallest absolute Gasteiger partial charge is 0.426 e. The Labute approximate surface area is 100.0 Å². The van der Waals surface area contributed by atoms with Gasteiger partial charge in [-0.2, -0.15) is 0 Å². The molecule has 5 heteroatoms. The van der Waals surface area contributed by atoms with Crippen molar-refractivity contribution in [2.24, 2.45) is 0 Å². The van der Waals surface area contributed by atoms with Gasteiger partial charge in [0.2, 0.25) is 0 Å². The number of nitrogens with zero attached hydrogens (tertiary/aromatic N) is 1. The Morgan fingerprint density at radius 1 is 1.24 bits per heavy atom. The number of benzene rings is 1. The highest BCUT2D eigenvalue weighted by Crippen LogP contribution is 2.34. The molecule has 2 N–H and O–H groups in total. The zero-order valence-corrected chi connectivity index (χ0v) is 10.1. The van der Waals surface area contributed by atoms with Crippen LogP contribution in [0.15, 0.2) is 30.3 Å². The SMILES string of the molecule is CC1(C)OC(=O)NN(c2ccccc2)C1(C)O. The molecule has 0 radical (unpaired) electrons. The van der Waals surface area contributed by atoms with E-state index in [9.17, 15) is 9.90 Å². The number of cyclic esters (lactones) is 1. The number of anilines is 1. The highest BCUT2D eigenvalue weighted by atomic mass is 16.6. The molecule has 1 fully saturated rings. The Hall–Kier alpha value is -1.75. The average Bonchev–Trinajstić information content (AvgIpc) is 2.24. The van der Waals surface area contributed by atoms with Gasteiger partial charge >= 0.3 is 6.09 Å². The van der Waals surface area contributed by atoms with E-state index in [1.165, 1.54) is 5.01 Å². The summed E-state index contributed by atoms with van der Waals surface area (Å²) < 4.78 is 5.10. The Kier molecular flexibility index (Phi) is 2.50. The molecule has 1 atom stereocenters. The summed E-state index contributed by atoms with van der Waals surface area (Å²) in [5.74, 6) is 0. The Morgan fingerprint density at radius 2 is 1.82 bits per heavy atom. The van der Waals surface area contributed by atoms with Gasteiger partial charge in [-0.15, -0.1) is 0 Å². The largest absolute Gasteiger partial charge is 0.437 e. The third-order valence-corrected chi connectivity index (χ3v) is 3.14. The van der Waals surface area contributed by atoms with Crippen LogP contribution in [0.1, 0.15) is 20.8 Å². The van der Waals surface area contributed by atoms with Crippen LogP contribution in [0.3, 0.4) is 0 Å². The van der Waals surface area contributed by atoms with Crippen molar-refractivity contribution in [1.29, 1.82) is 0 Å². The first-order valence-corrected chi connectivity index (χ1v) is 5.42. The van der Waals surface area contributed by atoms with E-state index >= 15 is 0 Å². The number of amides is 1. The van der Waals surface area contributed by atoms with Gasteiger partial charge in [-0.1, -0.05) is 18.2 Å². The number of hydrogen-bond acceptors (Lipinski definition) is 4. The summed E-state index contributed by atoms with van der Waals surface area (Å²) in [7, 11) is 0. The van der Waals surface area contributed by atoms with Crippen molar-refractivity contribution in [3.63, 3.8) is 0 Å². The van der Waals surface area contributed by atoms with Crippen LogP contribution >= 0.6 is 0 Å². The maximum absolute atomic E-state index is 11.5. The molecule has 92 valence electrons. The maximum atomic E-state index is 11.5. The molecule has 1 saturated heterocycles. The standard InChI is InChI=1S/C12H16N2O3/c1-11(2)12(3,16)14(13-10(15)17-11)9-7-5-4-6-8-9/h4-8,16H,1-3H3,(H,13,15). The van der Waals surface area contributed by atoms with E-state index in [1.54, 1.807) is 32.9 Å². The van der Waals surface area contributed by atoms with Crippen molar-refractivity contribution >= 4 is 11.8 Å². The van der Waals surface area contributed by atoms with Crippen LogP contribution in [0.2, 0.25) is 0 Å². The Balaban J connectivity index is 2.42. The minimum atomic E-state index is -1.34. The molecule has 1 aliphatic heterocycles. The molecule has 0 spiro atoms. The Bertz CT molecular complexity index is 429. The van der Waals surface area contributed by atoms with E-state index < -0.39 is 17.4 Å². The topological polar surface area (TPSA) is 61.8 Å².